The Morgan fingerprint density at radius 1 is 0.870 bits per heavy atom. The van der Waals surface area contributed by atoms with Crippen LogP contribution in [0, 0.1) is 0 Å². The second-order valence-electron chi connectivity index (χ2n) is 5.30. The van der Waals surface area contributed by atoms with Crippen molar-refractivity contribution in [3.63, 3.8) is 0 Å². The molecule has 0 unspecified atom stereocenters. The number of hydrogen-bond donors (Lipinski definition) is 0. The van der Waals surface area contributed by atoms with Gasteiger partial charge in [-0.1, -0.05) is 0 Å². The fourth-order valence-corrected chi connectivity index (χ4v) is 2.57. The Morgan fingerprint density at radius 3 is 2.04 bits per heavy atom. The van der Waals surface area contributed by atoms with E-state index in [1.54, 1.807) is 6.92 Å². The van der Waals surface area contributed by atoms with Gasteiger partial charge in [-0.05, 0) is 6.92 Å². The van der Waals surface area contributed by atoms with Crippen molar-refractivity contribution in [1.29, 1.82) is 0 Å². The van der Waals surface area contributed by atoms with E-state index in [2.05, 4.69) is 0 Å². The Hall–Kier alpha value is -1.71. The molecule has 0 radical (unpaired) electrons. The highest BCUT2D eigenvalue weighted by Crippen LogP contribution is 2.34. The molecule has 0 aliphatic carbocycles. The monoisotopic (exact) mass is 332 g/mol. The Labute approximate surface area is 133 Å². The molecule has 2 fully saturated rings. The summed E-state index contributed by atoms with van der Waals surface area (Å²) in [5.74, 6) is -1.67. The first-order valence-corrected chi connectivity index (χ1v) is 7.22. The molecule has 0 N–H and O–H groups in total. The van der Waals surface area contributed by atoms with Crippen molar-refractivity contribution in [1.82, 2.24) is 0 Å². The summed E-state index contributed by atoms with van der Waals surface area (Å²) in [5, 5.41) is 0. The fraction of sp³-hybridized carbons (Fsp3) is 0.786. The van der Waals surface area contributed by atoms with Gasteiger partial charge in [0.05, 0.1) is 0 Å². The number of esters is 3. The summed E-state index contributed by atoms with van der Waals surface area (Å²) in [6, 6.07) is 0. The van der Waals surface area contributed by atoms with Crippen molar-refractivity contribution in [2.75, 3.05) is 6.61 Å². The average molecular weight is 332 g/mol. The van der Waals surface area contributed by atoms with E-state index in [-0.39, 0.29) is 6.61 Å². The van der Waals surface area contributed by atoms with Crippen molar-refractivity contribution in [3.05, 3.63) is 0 Å². The number of rotatable bonds is 4. The lowest BCUT2D eigenvalue weighted by molar-refractivity contribution is -0.264. The van der Waals surface area contributed by atoms with Gasteiger partial charge in [0.2, 0.25) is 0 Å². The summed E-state index contributed by atoms with van der Waals surface area (Å²) < 4.78 is 32.1. The van der Waals surface area contributed by atoms with Crippen molar-refractivity contribution in [2.24, 2.45) is 0 Å². The molecule has 0 spiro atoms. The van der Waals surface area contributed by atoms with Gasteiger partial charge in [0.15, 0.2) is 30.9 Å². The maximum atomic E-state index is 11.4. The maximum Gasteiger partial charge on any atom is 0.303 e. The predicted molar refractivity (Wildman–Crippen MR) is 71.8 cm³/mol. The molecule has 0 aromatic heterocycles. The zero-order chi connectivity index (χ0) is 17.1. The van der Waals surface area contributed by atoms with Gasteiger partial charge in [0.25, 0.3) is 0 Å². The van der Waals surface area contributed by atoms with Crippen molar-refractivity contribution in [2.45, 2.75) is 64.7 Å². The lowest BCUT2D eigenvalue weighted by Crippen LogP contribution is -2.60. The van der Waals surface area contributed by atoms with Crippen LogP contribution in [-0.2, 0) is 42.8 Å². The number of ether oxygens (including phenoxy) is 6. The van der Waals surface area contributed by atoms with Crippen molar-refractivity contribution in [3.8, 4) is 0 Å². The lowest BCUT2D eigenvalue weighted by atomic mass is 9.98. The molecule has 9 nitrogen and oxygen atoms in total. The molecular formula is C14H20O9. The molecule has 0 bridgehead atoms. The summed E-state index contributed by atoms with van der Waals surface area (Å²) in [6.45, 7) is 5.18. The number of carbonyl (C=O) groups is 3. The SMILES string of the molecule is CC(=O)OC[C@H]1O[C@H]2O[C@@H](C)O[C@H]2[C@@H](OC(C)=O)[C@@H]1OC(C)=O. The number of carbonyl (C=O) groups excluding carboxylic acids is 3. The third-order valence-corrected chi connectivity index (χ3v) is 3.32. The van der Waals surface area contributed by atoms with Gasteiger partial charge in [-0.2, -0.15) is 0 Å². The normalized spacial score (nSPS) is 36.0. The molecule has 0 aromatic carbocycles. The van der Waals surface area contributed by atoms with Crippen LogP contribution in [0.4, 0.5) is 0 Å². The number of hydrogen-bond acceptors (Lipinski definition) is 9. The van der Waals surface area contributed by atoms with E-state index < -0.39 is 54.9 Å². The zero-order valence-corrected chi connectivity index (χ0v) is 13.3. The molecule has 2 aliphatic heterocycles. The maximum absolute atomic E-state index is 11.4. The van der Waals surface area contributed by atoms with E-state index in [9.17, 15) is 14.4 Å². The zero-order valence-electron chi connectivity index (χ0n) is 13.3. The summed E-state index contributed by atoms with van der Waals surface area (Å²) in [5.41, 5.74) is 0. The van der Waals surface area contributed by atoms with Crippen LogP contribution in [0.1, 0.15) is 27.7 Å². The topological polar surface area (TPSA) is 107 Å². The first-order chi connectivity index (χ1) is 10.8. The lowest BCUT2D eigenvalue weighted by Gasteiger charge is -2.40. The summed E-state index contributed by atoms with van der Waals surface area (Å²) in [4.78, 5) is 33.8. The minimum absolute atomic E-state index is 0.175. The van der Waals surface area contributed by atoms with E-state index in [1.165, 1.54) is 20.8 Å². The van der Waals surface area contributed by atoms with Gasteiger partial charge in [0.1, 0.15) is 12.7 Å². The van der Waals surface area contributed by atoms with Gasteiger partial charge in [-0.15, -0.1) is 0 Å². The van der Waals surface area contributed by atoms with Crippen LogP contribution in [-0.4, -0.2) is 61.5 Å². The molecule has 2 rings (SSSR count). The minimum Gasteiger partial charge on any atom is -0.463 e. The molecule has 0 aromatic rings. The van der Waals surface area contributed by atoms with Crippen LogP contribution >= 0.6 is 0 Å². The van der Waals surface area contributed by atoms with Crippen LogP contribution in [0.25, 0.3) is 0 Å². The average Bonchev–Trinajstić information content (AvgIpc) is 2.78. The molecule has 130 valence electrons. The molecule has 9 heteroatoms. The first kappa shape index (κ1) is 17.6. The molecule has 0 amide bonds. The second-order valence-corrected chi connectivity index (χ2v) is 5.30. The third kappa shape index (κ3) is 4.40. The fourth-order valence-electron chi connectivity index (χ4n) is 2.57. The van der Waals surface area contributed by atoms with Crippen LogP contribution in [0.2, 0.25) is 0 Å². The molecular weight excluding hydrogens is 312 g/mol. The van der Waals surface area contributed by atoms with E-state index >= 15 is 0 Å². The third-order valence-electron chi connectivity index (χ3n) is 3.32. The summed E-state index contributed by atoms with van der Waals surface area (Å²) in [6.07, 6.45) is -4.89. The second kappa shape index (κ2) is 7.24. The number of fused-ring (bicyclic) bond motifs is 1. The van der Waals surface area contributed by atoms with Crippen LogP contribution in [0.5, 0.6) is 0 Å². The Balaban J connectivity index is 2.23. The Kier molecular flexibility index (Phi) is 5.55. The van der Waals surface area contributed by atoms with Gasteiger partial charge in [0, 0.05) is 20.8 Å². The summed E-state index contributed by atoms with van der Waals surface area (Å²) >= 11 is 0. The standard InChI is InChI=1S/C14H20O9/c1-6(15)18-5-10-11(19-7(2)16)12(20-8(3)17)13-14(23-10)22-9(4)21-13/h9-14H,5H2,1-4H3/t9-,10+,11+,12-,13-,14+/m0/s1. The molecule has 2 saturated heterocycles. The van der Waals surface area contributed by atoms with Crippen molar-refractivity contribution < 1.29 is 42.8 Å². The Bertz CT molecular complexity index is 477. The highest BCUT2D eigenvalue weighted by Gasteiger charge is 2.55. The van der Waals surface area contributed by atoms with Crippen LogP contribution in [0.15, 0.2) is 0 Å². The highest BCUT2D eigenvalue weighted by molar-refractivity contribution is 5.67. The van der Waals surface area contributed by atoms with Crippen LogP contribution in [0.3, 0.4) is 0 Å². The van der Waals surface area contributed by atoms with E-state index in [4.69, 9.17) is 28.4 Å². The molecule has 2 heterocycles. The molecule has 2 aliphatic rings. The summed E-state index contributed by atoms with van der Waals surface area (Å²) in [7, 11) is 0. The first-order valence-electron chi connectivity index (χ1n) is 7.22. The van der Waals surface area contributed by atoms with Gasteiger partial charge in [-0.3, -0.25) is 14.4 Å². The smallest absolute Gasteiger partial charge is 0.303 e. The molecule has 0 saturated carbocycles. The quantitative estimate of drug-likeness (QED) is 0.515. The molecule has 23 heavy (non-hydrogen) atoms. The van der Waals surface area contributed by atoms with E-state index in [1.807, 2.05) is 0 Å². The van der Waals surface area contributed by atoms with Crippen LogP contribution < -0.4 is 0 Å². The largest absolute Gasteiger partial charge is 0.463 e. The van der Waals surface area contributed by atoms with Crippen molar-refractivity contribution >= 4 is 17.9 Å². The van der Waals surface area contributed by atoms with E-state index in [0.29, 0.717) is 0 Å². The molecule has 6 atom stereocenters. The van der Waals surface area contributed by atoms with Gasteiger partial charge in [-0.25, -0.2) is 0 Å². The Morgan fingerprint density at radius 2 is 1.48 bits per heavy atom. The van der Waals surface area contributed by atoms with E-state index in [0.717, 1.165) is 0 Å². The predicted octanol–water partition coefficient (Wildman–Crippen LogP) is -0.101. The minimum atomic E-state index is -0.981. The van der Waals surface area contributed by atoms with Gasteiger partial charge >= 0.3 is 17.9 Å². The van der Waals surface area contributed by atoms with Gasteiger partial charge < -0.3 is 28.4 Å². The highest BCUT2D eigenvalue weighted by atomic mass is 16.8.